The molecule has 2 amide bonds. The van der Waals surface area contributed by atoms with Crippen LogP contribution in [0.5, 0.6) is 0 Å². The maximum atomic E-state index is 13.3. The molecule has 4 rings (SSSR count). The average Bonchev–Trinajstić information content (AvgIpc) is 3.34. The van der Waals surface area contributed by atoms with Crippen LogP contribution in [0.1, 0.15) is 76.3 Å². The Hall–Kier alpha value is -3.05. The van der Waals surface area contributed by atoms with Gasteiger partial charge in [0.05, 0.1) is 10.5 Å². The highest BCUT2D eigenvalue weighted by Crippen LogP contribution is 2.38. The van der Waals surface area contributed by atoms with Crippen LogP contribution in [0.3, 0.4) is 0 Å². The number of carbonyl (C=O) groups excluding carboxylic acids is 2. The lowest BCUT2D eigenvalue weighted by atomic mass is 10.0. The smallest absolute Gasteiger partial charge is 0.256 e. The summed E-state index contributed by atoms with van der Waals surface area (Å²) in [7, 11) is -2.06. The molecule has 1 aliphatic rings. The summed E-state index contributed by atoms with van der Waals surface area (Å²) in [6, 6.07) is 16.3. The minimum Gasteiger partial charge on any atom is -0.355 e. The van der Waals surface area contributed by atoms with Crippen molar-refractivity contribution in [1.82, 2.24) is 14.5 Å². The maximum Gasteiger partial charge on any atom is 0.256 e. The number of carbonyl (C=O) groups is 2. The number of hydrogen-bond acceptors (Lipinski definition) is 6. The maximum absolute atomic E-state index is 13.3. The summed E-state index contributed by atoms with van der Waals surface area (Å²) in [4.78, 5) is 29.7. The minimum atomic E-state index is -3.65. The second kappa shape index (κ2) is 14.2. The molecule has 41 heavy (non-hydrogen) atoms. The van der Waals surface area contributed by atoms with Gasteiger partial charge in [-0.25, -0.2) is 8.42 Å². The number of nitrogens with zero attached hydrogens (tertiary/aromatic N) is 2. The predicted octanol–water partition coefficient (Wildman–Crippen LogP) is 5.51. The Morgan fingerprint density at radius 2 is 1.61 bits per heavy atom. The third kappa shape index (κ3) is 7.43. The lowest BCUT2D eigenvalue weighted by Gasteiger charge is -2.27. The third-order valence-corrected chi connectivity index (χ3v) is 10.4. The van der Waals surface area contributed by atoms with Crippen molar-refractivity contribution in [3.05, 3.63) is 81.7 Å². The van der Waals surface area contributed by atoms with Crippen molar-refractivity contribution in [3.8, 4) is 0 Å². The number of benzene rings is 2. The van der Waals surface area contributed by atoms with Crippen LogP contribution in [0.25, 0.3) is 0 Å². The van der Waals surface area contributed by atoms with Gasteiger partial charge in [0.25, 0.3) is 11.8 Å². The second-order valence-corrected chi connectivity index (χ2v) is 13.4. The van der Waals surface area contributed by atoms with Gasteiger partial charge in [0.1, 0.15) is 5.00 Å². The molecular weight excluding hydrogens is 556 g/mol. The molecule has 0 atom stereocenters. The number of unbranched alkanes of at least 4 members (excludes halogenated alkanes) is 2. The number of amides is 2. The van der Waals surface area contributed by atoms with Gasteiger partial charge in [0.2, 0.25) is 10.0 Å². The molecule has 10 heteroatoms. The predicted molar refractivity (Wildman–Crippen MR) is 165 cm³/mol. The standard InChI is InChI=1S/C31H40N4O4S2/c1-4-6-18-35(19-7-5-2)41(38,39)25-15-13-24(14-16-25)29(36)33-31-28(30(37)32-3)26-17-20-34(22-27(26)40-31)21-23-11-9-8-10-12-23/h8-16H,4-7,17-22H2,1-3H3,(H,32,37)(H,33,36). The molecule has 8 nitrogen and oxygen atoms in total. The zero-order valence-corrected chi connectivity index (χ0v) is 25.7. The van der Waals surface area contributed by atoms with E-state index >= 15 is 0 Å². The SMILES string of the molecule is CCCCN(CCCC)S(=O)(=O)c1ccc(C(=O)Nc2sc3c(c2C(=O)NC)CCN(Cc2ccccc2)C3)cc1. The zero-order valence-electron chi connectivity index (χ0n) is 24.1. The number of rotatable bonds is 13. The van der Waals surface area contributed by atoms with E-state index < -0.39 is 10.0 Å². The van der Waals surface area contributed by atoms with Crippen LogP contribution in [0.15, 0.2) is 59.5 Å². The van der Waals surface area contributed by atoms with Crippen LogP contribution < -0.4 is 10.6 Å². The van der Waals surface area contributed by atoms with Crippen molar-refractivity contribution in [2.24, 2.45) is 0 Å². The average molecular weight is 597 g/mol. The molecule has 0 unspecified atom stereocenters. The molecule has 0 aliphatic carbocycles. The van der Waals surface area contributed by atoms with E-state index in [0.29, 0.717) is 35.8 Å². The van der Waals surface area contributed by atoms with Gasteiger partial charge in [-0.05, 0) is 54.7 Å². The molecule has 1 aliphatic heterocycles. The first kappa shape index (κ1) is 30.9. The van der Waals surface area contributed by atoms with Crippen molar-refractivity contribution in [2.45, 2.75) is 63.9 Å². The van der Waals surface area contributed by atoms with Gasteiger partial charge in [0, 0.05) is 50.2 Å². The molecule has 2 heterocycles. The van der Waals surface area contributed by atoms with Crippen molar-refractivity contribution in [3.63, 3.8) is 0 Å². The lowest BCUT2D eigenvalue weighted by molar-refractivity contribution is 0.0962. The summed E-state index contributed by atoms with van der Waals surface area (Å²) in [5, 5.41) is 6.17. The first-order valence-corrected chi connectivity index (χ1v) is 16.6. The summed E-state index contributed by atoms with van der Waals surface area (Å²) < 4.78 is 28.1. The number of sulfonamides is 1. The second-order valence-electron chi connectivity index (χ2n) is 10.3. The topological polar surface area (TPSA) is 98.8 Å². The lowest BCUT2D eigenvalue weighted by Crippen LogP contribution is -2.33. The number of thiophene rings is 1. The quantitative estimate of drug-likeness (QED) is 0.271. The van der Waals surface area contributed by atoms with Gasteiger partial charge in [-0.15, -0.1) is 11.3 Å². The van der Waals surface area contributed by atoms with E-state index in [4.69, 9.17) is 0 Å². The Morgan fingerprint density at radius 1 is 0.951 bits per heavy atom. The molecule has 0 saturated carbocycles. The fourth-order valence-electron chi connectivity index (χ4n) is 5.01. The third-order valence-electron chi connectivity index (χ3n) is 7.34. The van der Waals surface area contributed by atoms with E-state index in [-0.39, 0.29) is 16.7 Å². The van der Waals surface area contributed by atoms with Gasteiger partial charge in [0.15, 0.2) is 0 Å². The van der Waals surface area contributed by atoms with Gasteiger partial charge < -0.3 is 10.6 Å². The highest BCUT2D eigenvalue weighted by Gasteiger charge is 2.29. The largest absolute Gasteiger partial charge is 0.355 e. The first-order valence-electron chi connectivity index (χ1n) is 14.3. The van der Waals surface area contributed by atoms with Crippen LogP contribution in [0.2, 0.25) is 0 Å². The van der Waals surface area contributed by atoms with Crippen molar-refractivity contribution >= 4 is 38.2 Å². The summed E-state index contributed by atoms with van der Waals surface area (Å²) in [5.74, 6) is -0.609. The van der Waals surface area contributed by atoms with E-state index in [1.807, 2.05) is 32.0 Å². The Kier molecular flexibility index (Phi) is 10.7. The normalized spacial score (nSPS) is 13.7. The number of anilines is 1. The van der Waals surface area contributed by atoms with Crippen molar-refractivity contribution < 1.29 is 18.0 Å². The van der Waals surface area contributed by atoms with Crippen LogP contribution in [0.4, 0.5) is 5.00 Å². The van der Waals surface area contributed by atoms with Crippen LogP contribution in [0, 0.1) is 0 Å². The van der Waals surface area contributed by atoms with Crippen LogP contribution >= 0.6 is 11.3 Å². The van der Waals surface area contributed by atoms with E-state index in [1.165, 1.54) is 41.2 Å². The molecule has 0 fully saturated rings. The van der Waals surface area contributed by atoms with Crippen LogP contribution in [-0.4, -0.2) is 56.1 Å². The van der Waals surface area contributed by atoms with Gasteiger partial charge >= 0.3 is 0 Å². The zero-order chi connectivity index (χ0) is 29.4. The molecule has 2 aromatic carbocycles. The number of fused-ring (bicyclic) bond motifs is 1. The summed E-state index contributed by atoms with van der Waals surface area (Å²) >= 11 is 1.43. The van der Waals surface area contributed by atoms with E-state index in [2.05, 4.69) is 27.7 Å². The fourth-order valence-corrected chi connectivity index (χ4v) is 7.81. The fraction of sp³-hybridized carbons (Fsp3) is 0.419. The highest BCUT2D eigenvalue weighted by molar-refractivity contribution is 7.89. The molecule has 2 N–H and O–H groups in total. The van der Waals surface area contributed by atoms with Gasteiger partial charge in [-0.1, -0.05) is 57.0 Å². The van der Waals surface area contributed by atoms with Gasteiger partial charge in [-0.3, -0.25) is 14.5 Å². The van der Waals surface area contributed by atoms with E-state index in [0.717, 1.165) is 55.6 Å². The molecule has 0 saturated heterocycles. The van der Waals surface area contributed by atoms with Crippen LogP contribution in [-0.2, 0) is 29.5 Å². The van der Waals surface area contributed by atoms with E-state index in [9.17, 15) is 18.0 Å². The molecule has 0 radical (unpaired) electrons. The molecule has 0 bridgehead atoms. The molecule has 3 aromatic rings. The Morgan fingerprint density at radius 3 is 2.22 bits per heavy atom. The molecular formula is C31H40N4O4S2. The Bertz CT molecular complexity index is 1430. The summed E-state index contributed by atoms with van der Waals surface area (Å²) in [6.45, 7) is 7.38. The van der Waals surface area contributed by atoms with Crippen molar-refractivity contribution in [2.75, 3.05) is 32.0 Å². The first-order chi connectivity index (χ1) is 19.8. The monoisotopic (exact) mass is 596 g/mol. The van der Waals surface area contributed by atoms with Crippen molar-refractivity contribution in [1.29, 1.82) is 0 Å². The summed E-state index contributed by atoms with van der Waals surface area (Å²) in [6.07, 6.45) is 4.13. The summed E-state index contributed by atoms with van der Waals surface area (Å²) in [5.41, 5.74) is 3.06. The molecule has 220 valence electrons. The molecule has 1 aromatic heterocycles. The number of nitrogens with one attached hydrogen (secondary N) is 2. The minimum absolute atomic E-state index is 0.178. The van der Waals surface area contributed by atoms with E-state index in [1.54, 1.807) is 11.4 Å². The Balaban J connectivity index is 1.51. The van der Waals surface area contributed by atoms with Gasteiger partial charge in [-0.2, -0.15) is 4.31 Å². The highest BCUT2D eigenvalue weighted by atomic mass is 32.2. The number of hydrogen-bond donors (Lipinski definition) is 2. The Labute approximate surface area is 247 Å². The molecule has 0 spiro atoms.